The molecular formula is C33H36N6O. The maximum atomic E-state index is 12.6. The number of nitrogen functional groups attached to an aromatic ring is 1. The van der Waals surface area contributed by atoms with Crippen LogP contribution in [0.25, 0.3) is 11.1 Å². The van der Waals surface area contributed by atoms with Crippen molar-refractivity contribution in [2.45, 2.75) is 37.8 Å². The molecule has 1 saturated heterocycles. The van der Waals surface area contributed by atoms with Crippen LogP contribution in [0.4, 0.5) is 11.4 Å². The molecule has 1 amide bonds. The van der Waals surface area contributed by atoms with Crippen LogP contribution >= 0.6 is 0 Å². The Balaban J connectivity index is 0.912. The summed E-state index contributed by atoms with van der Waals surface area (Å²) in [6.45, 7) is 4.24. The summed E-state index contributed by atoms with van der Waals surface area (Å²) in [5.74, 6) is 1.21. The molecule has 1 aliphatic carbocycles. The van der Waals surface area contributed by atoms with E-state index in [1.807, 2.05) is 42.7 Å². The molecule has 2 atom stereocenters. The highest BCUT2D eigenvalue weighted by molar-refractivity contribution is 6.05. The van der Waals surface area contributed by atoms with E-state index < -0.39 is 0 Å². The fraction of sp³-hybridized carbons (Fsp3) is 0.303. The predicted molar refractivity (Wildman–Crippen MR) is 160 cm³/mol. The Hall–Kier alpha value is -4.07. The van der Waals surface area contributed by atoms with E-state index in [1.165, 1.54) is 30.4 Å². The molecule has 2 fully saturated rings. The topological polar surface area (TPSA) is 96.2 Å². The number of rotatable bonds is 9. The van der Waals surface area contributed by atoms with E-state index in [0.717, 1.165) is 43.2 Å². The summed E-state index contributed by atoms with van der Waals surface area (Å²) in [6, 6.07) is 24.7. The second kappa shape index (κ2) is 12.0. The van der Waals surface area contributed by atoms with Crippen LogP contribution in [-0.2, 0) is 6.54 Å². The zero-order valence-corrected chi connectivity index (χ0v) is 22.7. The summed E-state index contributed by atoms with van der Waals surface area (Å²) >= 11 is 0. The molecule has 2 unspecified atom stereocenters. The number of para-hydroxylation sites is 2. The quantitative estimate of drug-likeness (QED) is 0.252. The van der Waals surface area contributed by atoms with Gasteiger partial charge in [-0.1, -0.05) is 48.5 Å². The van der Waals surface area contributed by atoms with Crippen molar-refractivity contribution in [1.82, 2.24) is 20.2 Å². The van der Waals surface area contributed by atoms with Crippen molar-refractivity contribution in [1.29, 1.82) is 0 Å². The average molecular weight is 533 g/mol. The Bertz CT molecular complexity index is 1420. The summed E-state index contributed by atoms with van der Waals surface area (Å²) in [7, 11) is 0. The van der Waals surface area contributed by atoms with Crippen LogP contribution in [0.5, 0.6) is 0 Å². The predicted octanol–water partition coefficient (Wildman–Crippen LogP) is 5.34. The number of benzene rings is 3. The van der Waals surface area contributed by atoms with E-state index in [9.17, 15) is 4.79 Å². The first-order valence-corrected chi connectivity index (χ1v) is 14.2. The molecule has 0 radical (unpaired) electrons. The monoisotopic (exact) mass is 532 g/mol. The number of piperidine rings is 1. The molecule has 1 aliphatic heterocycles. The third kappa shape index (κ3) is 6.38. The molecule has 4 N–H and O–H groups in total. The maximum absolute atomic E-state index is 12.6. The molecule has 0 bridgehead atoms. The number of carbonyl (C=O) groups is 1. The third-order valence-electron chi connectivity index (χ3n) is 8.23. The molecule has 6 rings (SSSR count). The fourth-order valence-electron chi connectivity index (χ4n) is 5.65. The van der Waals surface area contributed by atoms with Crippen LogP contribution in [0.3, 0.4) is 0 Å². The van der Waals surface area contributed by atoms with Gasteiger partial charge >= 0.3 is 0 Å². The standard InChI is InChI=1S/C33H36N6O/c34-30-3-1-2-4-31(30)38-33(40)27-7-5-24(6-8-27)21-39-15-13-23(14-16-39)18-37-32-17-29(32)26-11-9-25(10-12-26)28-19-35-22-36-20-28/h1-12,19-20,22-23,29,32,37H,13-18,21,34H2,(H,38,40). The Morgan fingerprint density at radius 3 is 2.35 bits per heavy atom. The second-order valence-corrected chi connectivity index (χ2v) is 11.1. The van der Waals surface area contributed by atoms with E-state index in [2.05, 4.69) is 61.9 Å². The third-order valence-corrected chi connectivity index (χ3v) is 8.23. The first kappa shape index (κ1) is 26.2. The lowest BCUT2D eigenvalue weighted by Gasteiger charge is -2.32. The summed E-state index contributed by atoms with van der Waals surface area (Å²) in [4.78, 5) is 23.4. The van der Waals surface area contributed by atoms with Gasteiger partial charge < -0.3 is 16.4 Å². The van der Waals surface area contributed by atoms with Gasteiger partial charge in [-0.15, -0.1) is 0 Å². The van der Waals surface area contributed by atoms with Crippen molar-refractivity contribution in [3.05, 3.63) is 108 Å². The number of hydrogen-bond acceptors (Lipinski definition) is 6. The van der Waals surface area contributed by atoms with Crippen molar-refractivity contribution < 1.29 is 4.79 Å². The highest BCUT2D eigenvalue weighted by atomic mass is 16.1. The molecule has 1 aromatic heterocycles. The molecule has 2 heterocycles. The minimum Gasteiger partial charge on any atom is -0.397 e. The minimum atomic E-state index is -0.144. The Morgan fingerprint density at radius 1 is 0.900 bits per heavy atom. The van der Waals surface area contributed by atoms with Gasteiger partial charge in [0.2, 0.25) is 0 Å². The number of carbonyl (C=O) groups excluding carboxylic acids is 1. The van der Waals surface area contributed by atoms with Gasteiger partial charge in [-0.25, -0.2) is 9.97 Å². The van der Waals surface area contributed by atoms with E-state index in [0.29, 0.717) is 28.9 Å². The number of nitrogens with one attached hydrogen (secondary N) is 2. The molecule has 204 valence electrons. The lowest BCUT2D eigenvalue weighted by molar-refractivity contribution is 0.102. The Labute approximate surface area is 235 Å². The van der Waals surface area contributed by atoms with Crippen LogP contribution in [0.15, 0.2) is 91.5 Å². The number of aromatic nitrogens is 2. The minimum absolute atomic E-state index is 0.144. The van der Waals surface area contributed by atoms with Crippen LogP contribution < -0.4 is 16.4 Å². The van der Waals surface area contributed by atoms with Gasteiger partial charge in [-0.3, -0.25) is 9.69 Å². The maximum Gasteiger partial charge on any atom is 0.255 e. The molecule has 2 aliphatic rings. The fourth-order valence-corrected chi connectivity index (χ4v) is 5.65. The number of anilines is 2. The van der Waals surface area contributed by atoms with Crippen molar-refractivity contribution in [2.75, 3.05) is 30.7 Å². The zero-order valence-electron chi connectivity index (χ0n) is 22.7. The molecule has 40 heavy (non-hydrogen) atoms. The Morgan fingerprint density at radius 2 is 1.62 bits per heavy atom. The van der Waals surface area contributed by atoms with Crippen molar-refractivity contribution in [2.24, 2.45) is 5.92 Å². The summed E-state index contributed by atoms with van der Waals surface area (Å²) in [5, 5.41) is 6.73. The van der Waals surface area contributed by atoms with Crippen molar-refractivity contribution in [3.8, 4) is 11.1 Å². The number of likely N-dealkylation sites (tertiary alicyclic amines) is 1. The highest BCUT2D eigenvalue weighted by Gasteiger charge is 2.38. The molecule has 4 aromatic rings. The van der Waals surface area contributed by atoms with Crippen LogP contribution in [0.1, 0.15) is 46.7 Å². The number of nitrogens with zero attached hydrogens (tertiary/aromatic N) is 3. The number of nitrogens with two attached hydrogens (primary N) is 1. The van der Waals surface area contributed by atoms with Gasteiger partial charge in [0.05, 0.1) is 11.4 Å². The van der Waals surface area contributed by atoms with Crippen LogP contribution in [0.2, 0.25) is 0 Å². The summed E-state index contributed by atoms with van der Waals surface area (Å²) in [5.41, 5.74) is 12.7. The second-order valence-electron chi connectivity index (χ2n) is 11.1. The van der Waals surface area contributed by atoms with Gasteiger partial charge in [0.25, 0.3) is 5.91 Å². The molecule has 3 aromatic carbocycles. The molecular weight excluding hydrogens is 496 g/mol. The number of hydrogen-bond donors (Lipinski definition) is 3. The van der Waals surface area contributed by atoms with Gasteiger partial charge in [0, 0.05) is 42.0 Å². The smallest absolute Gasteiger partial charge is 0.255 e. The molecule has 7 heteroatoms. The first-order chi connectivity index (χ1) is 19.6. The van der Waals surface area contributed by atoms with E-state index in [4.69, 9.17) is 5.73 Å². The zero-order chi connectivity index (χ0) is 27.3. The lowest BCUT2D eigenvalue weighted by atomic mass is 9.96. The van der Waals surface area contributed by atoms with Crippen LogP contribution in [0, 0.1) is 5.92 Å². The average Bonchev–Trinajstić information content (AvgIpc) is 3.79. The van der Waals surface area contributed by atoms with E-state index in [-0.39, 0.29) is 5.91 Å². The van der Waals surface area contributed by atoms with Crippen molar-refractivity contribution >= 4 is 17.3 Å². The molecule has 0 spiro atoms. The summed E-state index contributed by atoms with van der Waals surface area (Å²) < 4.78 is 0. The van der Waals surface area contributed by atoms with Gasteiger partial charge in [-0.05, 0) is 85.8 Å². The van der Waals surface area contributed by atoms with Gasteiger partial charge in [0.1, 0.15) is 6.33 Å². The molecule has 1 saturated carbocycles. The summed E-state index contributed by atoms with van der Waals surface area (Å²) in [6.07, 6.45) is 8.94. The van der Waals surface area contributed by atoms with E-state index in [1.54, 1.807) is 12.4 Å². The van der Waals surface area contributed by atoms with E-state index >= 15 is 0 Å². The van der Waals surface area contributed by atoms with Gasteiger partial charge in [-0.2, -0.15) is 0 Å². The number of amides is 1. The molecule has 7 nitrogen and oxygen atoms in total. The van der Waals surface area contributed by atoms with Crippen LogP contribution in [-0.4, -0.2) is 46.5 Å². The SMILES string of the molecule is Nc1ccccc1NC(=O)c1ccc(CN2CCC(CNC3CC3c3ccc(-c4cncnc4)cc3)CC2)cc1. The van der Waals surface area contributed by atoms with Gasteiger partial charge in [0.15, 0.2) is 0 Å². The largest absolute Gasteiger partial charge is 0.397 e. The highest BCUT2D eigenvalue weighted by Crippen LogP contribution is 2.41. The van der Waals surface area contributed by atoms with Crippen molar-refractivity contribution in [3.63, 3.8) is 0 Å². The Kier molecular flexibility index (Phi) is 7.84. The lowest BCUT2D eigenvalue weighted by Crippen LogP contribution is -2.37. The normalized spacial score (nSPS) is 19.3. The first-order valence-electron chi connectivity index (χ1n) is 14.2.